The van der Waals surface area contributed by atoms with Gasteiger partial charge in [0, 0.05) is 6.54 Å². The first-order valence-electron chi connectivity index (χ1n) is 2.75. The summed E-state index contributed by atoms with van der Waals surface area (Å²) in [6.07, 6.45) is 2.61. The lowest BCUT2D eigenvalue weighted by Gasteiger charge is -1.92. The summed E-state index contributed by atoms with van der Waals surface area (Å²) in [5.74, 6) is 0.875. The van der Waals surface area contributed by atoms with Gasteiger partial charge in [0.1, 0.15) is 6.33 Å². The Labute approximate surface area is 58.7 Å². The van der Waals surface area contributed by atoms with Gasteiger partial charge in [-0.1, -0.05) is 0 Å². The molecule has 0 saturated carbocycles. The molecule has 0 amide bonds. The zero-order valence-corrected chi connectivity index (χ0v) is 5.83. The van der Waals surface area contributed by atoms with E-state index in [0.717, 1.165) is 18.7 Å². The summed E-state index contributed by atoms with van der Waals surface area (Å²) in [6, 6.07) is 0. The van der Waals surface area contributed by atoms with E-state index in [9.17, 15) is 0 Å². The van der Waals surface area contributed by atoms with Crippen molar-refractivity contribution in [1.82, 2.24) is 20.2 Å². The lowest BCUT2D eigenvalue weighted by Crippen LogP contribution is -1.98. The average Bonchev–Trinajstić information content (AvgIpc) is 2.34. The molecule has 1 aromatic heterocycles. The Morgan fingerprint density at radius 3 is 3.00 bits per heavy atom. The third kappa shape index (κ3) is 2.01. The maximum atomic E-state index is 4.05. The molecule has 4 nitrogen and oxygen atoms in total. The Balaban J connectivity index is 2.30. The van der Waals surface area contributed by atoms with Gasteiger partial charge in [-0.05, 0) is 22.6 Å². The van der Waals surface area contributed by atoms with Gasteiger partial charge in [0.2, 0.25) is 0 Å². The largest absolute Gasteiger partial charge is 0.232 e. The highest BCUT2D eigenvalue weighted by molar-refractivity contribution is 7.80. The highest BCUT2D eigenvalue weighted by Gasteiger charge is 1.88. The van der Waals surface area contributed by atoms with Crippen LogP contribution in [0.2, 0.25) is 0 Å². The fraction of sp³-hybridized carbons (Fsp3) is 0.750. The molecule has 0 radical (unpaired) electrons. The summed E-state index contributed by atoms with van der Waals surface area (Å²) in [7, 11) is 0. The van der Waals surface area contributed by atoms with Gasteiger partial charge in [-0.15, -0.1) is 5.10 Å². The maximum absolute atomic E-state index is 4.05. The molecule has 50 valence electrons. The van der Waals surface area contributed by atoms with E-state index < -0.39 is 0 Å². The zero-order valence-electron chi connectivity index (χ0n) is 4.93. The van der Waals surface area contributed by atoms with Crippen molar-refractivity contribution >= 4 is 12.6 Å². The second-order valence-electron chi connectivity index (χ2n) is 1.65. The van der Waals surface area contributed by atoms with Crippen molar-refractivity contribution in [3.05, 3.63) is 6.33 Å². The summed E-state index contributed by atoms with van der Waals surface area (Å²) < 4.78 is 1.69. The number of nitrogens with zero attached hydrogens (tertiary/aromatic N) is 4. The average molecular weight is 144 g/mol. The van der Waals surface area contributed by atoms with Crippen LogP contribution in [0.4, 0.5) is 0 Å². The molecule has 0 fully saturated rings. The molecule has 0 aliphatic carbocycles. The molecule has 1 heterocycles. The van der Waals surface area contributed by atoms with Crippen LogP contribution in [-0.4, -0.2) is 26.0 Å². The van der Waals surface area contributed by atoms with Crippen LogP contribution in [0.25, 0.3) is 0 Å². The third-order valence-corrected chi connectivity index (χ3v) is 1.25. The van der Waals surface area contributed by atoms with Crippen LogP contribution in [0.1, 0.15) is 6.42 Å². The molecule has 0 atom stereocenters. The highest BCUT2D eigenvalue weighted by atomic mass is 32.1. The molecule has 1 rings (SSSR count). The van der Waals surface area contributed by atoms with Crippen LogP contribution in [0.15, 0.2) is 6.33 Å². The second-order valence-corrected chi connectivity index (χ2v) is 2.10. The van der Waals surface area contributed by atoms with Crippen molar-refractivity contribution in [2.75, 3.05) is 5.75 Å². The molecule has 0 aliphatic rings. The van der Waals surface area contributed by atoms with Gasteiger partial charge in [0.05, 0.1) is 0 Å². The van der Waals surface area contributed by atoms with E-state index in [2.05, 4.69) is 28.2 Å². The summed E-state index contributed by atoms with van der Waals surface area (Å²) in [5.41, 5.74) is 0. The van der Waals surface area contributed by atoms with Crippen molar-refractivity contribution in [2.45, 2.75) is 13.0 Å². The van der Waals surface area contributed by atoms with Crippen molar-refractivity contribution < 1.29 is 0 Å². The number of tetrazole rings is 1. The number of hydrogen-bond donors (Lipinski definition) is 1. The van der Waals surface area contributed by atoms with Crippen molar-refractivity contribution in [3.8, 4) is 0 Å². The van der Waals surface area contributed by atoms with Gasteiger partial charge in [-0.3, -0.25) is 0 Å². The normalized spacial score (nSPS) is 9.89. The zero-order chi connectivity index (χ0) is 6.53. The third-order valence-electron chi connectivity index (χ3n) is 0.937. The molecule has 9 heavy (non-hydrogen) atoms. The monoisotopic (exact) mass is 144 g/mol. The maximum Gasteiger partial charge on any atom is 0.138 e. The first-order chi connectivity index (χ1) is 4.43. The highest BCUT2D eigenvalue weighted by Crippen LogP contribution is 1.86. The standard InChI is InChI=1S/C4H8N4S/c9-3-1-2-8-4-5-6-7-8/h4,9H,1-3H2. The molecule has 0 N–H and O–H groups in total. The smallest absolute Gasteiger partial charge is 0.138 e. The van der Waals surface area contributed by atoms with E-state index in [-0.39, 0.29) is 0 Å². The van der Waals surface area contributed by atoms with E-state index in [1.54, 1.807) is 11.0 Å². The molecular formula is C4H8N4S. The van der Waals surface area contributed by atoms with E-state index in [1.165, 1.54) is 0 Å². The van der Waals surface area contributed by atoms with E-state index in [1.807, 2.05) is 0 Å². The fourth-order valence-electron chi connectivity index (χ4n) is 0.515. The molecule has 5 heteroatoms. The summed E-state index contributed by atoms with van der Waals surface area (Å²) >= 11 is 4.05. The Bertz CT molecular complexity index is 150. The first-order valence-corrected chi connectivity index (χ1v) is 3.38. The lowest BCUT2D eigenvalue weighted by molar-refractivity contribution is 0.582. The summed E-state index contributed by atoms with van der Waals surface area (Å²) in [5, 5.41) is 10.6. The van der Waals surface area contributed by atoms with Crippen LogP contribution >= 0.6 is 12.6 Å². The van der Waals surface area contributed by atoms with Crippen molar-refractivity contribution in [3.63, 3.8) is 0 Å². The predicted molar refractivity (Wildman–Crippen MR) is 36.3 cm³/mol. The van der Waals surface area contributed by atoms with E-state index >= 15 is 0 Å². The summed E-state index contributed by atoms with van der Waals surface area (Å²) in [6.45, 7) is 0.858. The number of thiol groups is 1. The molecule has 0 bridgehead atoms. The molecule has 0 saturated heterocycles. The molecule has 0 spiro atoms. The minimum absolute atomic E-state index is 0.858. The first kappa shape index (κ1) is 6.54. The van der Waals surface area contributed by atoms with Gasteiger partial charge < -0.3 is 0 Å². The summed E-state index contributed by atoms with van der Waals surface area (Å²) in [4.78, 5) is 0. The molecule has 0 aromatic carbocycles. The van der Waals surface area contributed by atoms with Crippen LogP contribution in [0, 0.1) is 0 Å². The van der Waals surface area contributed by atoms with Crippen LogP contribution in [0.3, 0.4) is 0 Å². The Morgan fingerprint density at radius 2 is 2.44 bits per heavy atom. The number of hydrogen-bond acceptors (Lipinski definition) is 4. The Morgan fingerprint density at radius 1 is 1.56 bits per heavy atom. The quantitative estimate of drug-likeness (QED) is 0.607. The van der Waals surface area contributed by atoms with Gasteiger partial charge >= 0.3 is 0 Å². The van der Waals surface area contributed by atoms with Crippen LogP contribution in [-0.2, 0) is 6.54 Å². The van der Waals surface area contributed by atoms with Crippen LogP contribution in [0.5, 0.6) is 0 Å². The van der Waals surface area contributed by atoms with Crippen molar-refractivity contribution in [1.29, 1.82) is 0 Å². The predicted octanol–water partition coefficient (Wildman–Crippen LogP) is -0.00700. The number of rotatable bonds is 3. The number of aromatic nitrogens is 4. The SMILES string of the molecule is SCCCn1cnnn1. The van der Waals surface area contributed by atoms with E-state index in [4.69, 9.17) is 0 Å². The van der Waals surface area contributed by atoms with E-state index in [0.29, 0.717) is 0 Å². The molecule has 0 unspecified atom stereocenters. The van der Waals surface area contributed by atoms with Gasteiger partial charge in [0.15, 0.2) is 0 Å². The van der Waals surface area contributed by atoms with Crippen molar-refractivity contribution in [2.24, 2.45) is 0 Å². The van der Waals surface area contributed by atoms with Gasteiger partial charge in [-0.25, -0.2) is 4.68 Å². The minimum Gasteiger partial charge on any atom is -0.232 e. The fourth-order valence-corrected chi connectivity index (χ4v) is 0.657. The lowest BCUT2D eigenvalue weighted by atomic mass is 10.5. The molecule has 0 aliphatic heterocycles. The number of aryl methyl sites for hydroxylation is 1. The van der Waals surface area contributed by atoms with Crippen LogP contribution < -0.4 is 0 Å². The van der Waals surface area contributed by atoms with Gasteiger partial charge in [0.25, 0.3) is 0 Å². The topological polar surface area (TPSA) is 43.6 Å². The minimum atomic E-state index is 0.858. The van der Waals surface area contributed by atoms with Gasteiger partial charge in [-0.2, -0.15) is 12.6 Å². The molecular weight excluding hydrogens is 136 g/mol. The Kier molecular flexibility index (Phi) is 2.50. The Hall–Kier alpha value is -0.580. The molecule has 1 aromatic rings. The second kappa shape index (κ2) is 3.45.